The monoisotopic (exact) mass is 291 g/mol. The van der Waals surface area contributed by atoms with Gasteiger partial charge in [-0.05, 0) is 32.9 Å². The molecule has 1 aliphatic rings. The summed E-state index contributed by atoms with van der Waals surface area (Å²) in [5, 5.41) is 3.31. The van der Waals surface area contributed by atoms with Crippen molar-refractivity contribution in [2.75, 3.05) is 50.0 Å². The summed E-state index contributed by atoms with van der Waals surface area (Å²) < 4.78 is 0. The highest BCUT2D eigenvalue weighted by Gasteiger charge is 2.14. The lowest BCUT2D eigenvalue weighted by Gasteiger charge is -2.23. The Hall–Kier alpha value is -1.36. The van der Waals surface area contributed by atoms with Crippen molar-refractivity contribution in [3.63, 3.8) is 0 Å². The van der Waals surface area contributed by atoms with E-state index in [1.165, 1.54) is 25.9 Å². The first-order chi connectivity index (χ1) is 10.1. The number of nitrogens with zero attached hydrogens (tertiary/aromatic N) is 4. The van der Waals surface area contributed by atoms with Crippen LogP contribution in [0.3, 0.4) is 0 Å². The van der Waals surface area contributed by atoms with E-state index in [4.69, 9.17) is 4.98 Å². The zero-order valence-corrected chi connectivity index (χ0v) is 13.9. The van der Waals surface area contributed by atoms with Crippen LogP contribution in [0.5, 0.6) is 0 Å². The molecule has 0 radical (unpaired) electrons. The summed E-state index contributed by atoms with van der Waals surface area (Å²) in [7, 11) is 2.12. The van der Waals surface area contributed by atoms with Gasteiger partial charge < -0.3 is 15.1 Å². The molecule has 1 aromatic rings. The minimum atomic E-state index is 0.342. The van der Waals surface area contributed by atoms with Gasteiger partial charge in [0.15, 0.2) is 0 Å². The molecule has 2 heterocycles. The molecule has 0 bridgehead atoms. The number of hydrogen-bond acceptors (Lipinski definition) is 5. The normalized spacial score (nSPS) is 15.7. The Bertz CT molecular complexity index is 440. The van der Waals surface area contributed by atoms with E-state index < -0.39 is 0 Å². The lowest BCUT2D eigenvalue weighted by molar-refractivity contribution is 0.346. The van der Waals surface area contributed by atoms with E-state index in [0.717, 1.165) is 37.1 Å². The molecule has 0 amide bonds. The topological polar surface area (TPSA) is 44.3 Å². The van der Waals surface area contributed by atoms with Crippen molar-refractivity contribution in [3.05, 3.63) is 11.9 Å². The molecular weight excluding hydrogens is 262 g/mol. The fraction of sp³-hybridized carbons (Fsp3) is 0.750. The third kappa shape index (κ3) is 4.56. The number of nitrogens with one attached hydrogen (secondary N) is 1. The zero-order chi connectivity index (χ0) is 15.2. The Morgan fingerprint density at radius 2 is 2.00 bits per heavy atom. The fourth-order valence-electron chi connectivity index (χ4n) is 2.59. The molecule has 1 fully saturated rings. The van der Waals surface area contributed by atoms with Gasteiger partial charge in [0.05, 0.1) is 0 Å². The second kappa shape index (κ2) is 7.59. The molecule has 2 rings (SSSR count). The predicted molar refractivity (Wildman–Crippen MR) is 89.2 cm³/mol. The van der Waals surface area contributed by atoms with Gasteiger partial charge in [0.1, 0.15) is 17.5 Å². The minimum Gasteiger partial charge on any atom is -0.370 e. The molecule has 1 N–H and O–H groups in total. The van der Waals surface area contributed by atoms with E-state index in [1.807, 2.05) is 0 Å². The van der Waals surface area contributed by atoms with Crippen LogP contribution in [-0.4, -0.2) is 54.6 Å². The van der Waals surface area contributed by atoms with E-state index in [9.17, 15) is 0 Å². The van der Waals surface area contributed by atoms with E-state index in [0.29, 0.717) is 5.92 Å². The van der Waals surface area contributed by atoms with Crippen LogP contribution in [0, 0.1) is 0 Å². The molecule has 1 aromatic heterocycles. The Morgan fingerprint density at radius 3 is 2.62 bits per heavy atom. The van der Waals surface area contributed by atoms with Crippen molar-refractivity contribution >= 4 is 11.6 Å². The molecule has 5 nitrogen and oxygen atoms in total. The third-order valence-corrected chi connectivity index (χ3v) is 3.95. The van der Waals surface area contributed by atoms with Gasteiger partial charge in [0.25, 0.3) is 0 Å². The largest absolute Gasteiger partial charge is 0.370 e. The summed E-state index contributed by atoms with van der Waals surface area (Å²) in [5.74, 6) is 3.20. The van der Waals surface area contributed by atoms with Crippen molar-refractivity contribution in [1.29, 1.82) is 0 Å². The number of anilines is 2. The molecule has 0 aliphatic carbocycles. The van der Waals surface area contributed by atoms with Crippen molar-refractivity contribution in [3.8, 4) is 0 Å². The van der Waals surface area contributed by atoms with E-state index in [-0.39, 0.29) is 0 Å². The highest BCUT2D eigenvalue weighted by atomic mass is 15.2. The third-order valence-electron chi connectivity index (χ3n) is 3.95. The van der Waals surface area contributed by atoms with Gasteiger partial charge in [-0.2, -0.15) is 0 Å². The average molecular weight is 291 g/mol. The fourth-order valence-corrected chi connectivity index (χ4v) is 2.59. The van der Waals surface area contributed by atoms with Gasteiger partial charge >= 0.3 is 0 Å². The summed E-state index contributed by atoms with van der Waals surface area (Å²) in [6, 6.07) is 2.05. The minimum absolute atomic E-state index is 0.342. The van der Waals surface area contributed by atoms with Crippen LogP contribution in [0.15, 0.2) is 6.07 Å². The molecule has 0 unspecified atom stereocenters. The van der Waals surface area contributed by atoms with E-state index >= 15 is 0 Å². The van der Waals surface area contributed by atoms with Gasteiger partial charge in [0.2, 0.25) is 0 Å². The van der Waals surface area contributed by atoms with Crippen molar-refractivity contribution < 1.29 is 0 Å². The van der Waals surface area contributed by atoms with Crippen LogP contribution in [0.2, 0.25) is 0 Å². The second-order valence-electron chi connectivity index (χ2n) is 6.12. The van der Waals surface area contributed by atoms with Crippen LogP contribution in [0.1, 0.15) is 45.4 Å². The van der Waals surface area contributed by atoms with Crippen LogP contribution >= 0.6 is 0 Å². The van der Waals surface area contributed by atoms with Crippen molar-refractivity contribution in [1.82, 2.24) is 14.9 Å². The standard InChI is InChI=1S/C16H29N5/c1-5-17-14-12-15(19-16(18-14)13(2)3)20(4)10-11-21-8-6-7-9-21/h12-13H,5-11H2,1-4H3,(H,17,18,19). The molecule has 1 saturated heterocycles. The molecule has 0 atom stereocenters. The Morgan fingerprint density at radius 1 is 1.29 bits per heavy atom. The maximum absolute atomic E-state index is 4.72. The van der Waals surface area contributed by atoms with E-state index in [1.54, 1.807) is 0 Å². The van der Waals surface area contributed by atoms with Crippen LogP contribution in [0.25, 0.3) is 0 Å². The summed E-state index contributed by atoms with van der Waals surface area (Å²) >= 11 is 0. The average Bonchev–Trinajstić information content (AvgIpc) is 2.98. The quantitative estimate of drug-likeness (QED) is 0.836. The maximum Gasteiger partial charge on any atom is 0.135 e. The predicted octanol–water partition coefficient (Wildman–Crippen LogP) is 2.56. The summed E-state index contributed by atoms with van der Waals surface area (Å²) in [6.07, 6.45) is 2.69. The van der Waals surface area contributed by atoms with Crippen molar-refractivity contribution in [2.45, 2.75) is 39.5 Å². The lowest BCUT2D eigenvalue weighted by atomic mass is 10.2. The number of aromatic nitrogens is 2. The summed E-state index contributed by atoms with van der Waals surface area (Å²) in [5.41, 5.74) is 0. The van der Waals surface area contributed by atoms with Gasteiger partial charge in [-0.25, -0.2) is 9.97 Å². The molecule has 0 spiro atoms. The molecule has 118 valence electrons. The maximum atomic E-state index is 4.72. The highest BCUT2D eigenvalue weighted by Crippen LogP contribution is 2.19. The smallest absolute Gasteiger partial charge is 0.135 e. The molecule has 0 saturated carbocycles. The number of likely N-dealkylation sites (tertiary alicyclic amines) is 1. The number of rotatable bonds is 7. The summed E-state index contributed by atoms with van der Waals surface area (Å²) in [6.45, 7) is 11.9. The van der Waals surface area contributed by atoms with Crippen molar-refractivity contribution in [2.24, 2.45) is 0 Å². The molecule has 1 aliphatic heterocycles. The lowest BCUT2D eigenvalue weighted by Crippen LogP contribution is -2.32. The van der Waals surface area contributed by atoms with Gasteiger partial charge in [-0.1, -0.05) is 13.8 Å². The van der Waals surface area contributed by atoms with Crippen LogP contribution in [0.4, 0.5) is 11.6 Å². The first-order valence-corrected chi connectivity index (χ1v) is 8.16. The van der Waals surface area contributed by atoms with Crippen LogP contribution < -0.4 is 10.2 Å². The van der Waals surface area contributed by atoms with Crippen LogP contribution in [-0.2, 0) is 0 Å². The zero-order valence-electron chi connectivity index (χ0n) is 13.9. The van der Waals surface area contributed by atoms with Gasteiger partial charge in [-0.3, -0.25) is 0 Å². The Balaban J connectivity index is 2.04. The molecule has 0 aromatic carbocycles. The highest BCUT2D eigenvalue weighted by molar-refractivity contribution is 5.49. The number of hydrogen-bond donors (Lipinski definition) is 1. The molecule has 21 heavy (non-hydrogen) atoms. The van der Waals surface area contributed by atoms with Gasteiger partial charge in [-0.15, -0.1) is 0 Å². The Kier molecular flexibility index (Phi) is 5.79. The van der Waals surface area contributed by atoms with Gasteiger partial charge in [0, 0.05) is 38.7 Å². The Labute approximate surface area is 128 Å². The first kappa shape index (κ1) is 16.0. The SMILES string of the molecule is CCNc1cc(N(C)CCN2CCCC2)nc(C(C)C)n1. The number of likely N-dealkylation sites (N-methyl/N-ethyl adjacent to an activating group) is 1. The second-order valence-corrected chi connectivity index (χ2v) is 6.12. The first-order valence-electron chi connectivity index (χ1n) is 8.16. The summed E-state index contributed by atoms with van der Waals surface area (Å²) in [4.78, 5) is 14.1. The van der Waals surface area contributed by atoms with E-state index in [2.05, 4.69) is 54.0 Å². The molecular formula is C16H29N5. The molecule has 5 heteroatoms.